The average Bonchev–Trinajstić information content (AvgIpc) is 2.88. The van der Waals surface area contributed by atoms with Crippen LogP contribution in [0.1, 0.15) is 32.1 Å². The van der Waals surface area contributed by atoms with Gasteiger partial charge in [0.05, 0.1) is 16.0 Å². The molecule has 0 aliphatic carbocycles. The Hall–Kier alpha value is -1.17. The summed E-state index contributed by atoms with van der Waals surface area (Å²) in [5.41, 5.74) is 0.470. The lowest BCUT2D eigenvalue weighted by Gasteiger charge is -2.17. The van der Waals surface area contributed by atoms with Gasteiger partial charge in [-0.3, -0.25) is 0 Å². The van der Waals surface area contributed by atoms with Crippen LogP contribution in [0.3, 0.4) is 0 Å². The van der Waals surface area contributed by atoms with Crippen molar-refractivity contribution in [3.05, 3.63) is 28.2 Å². The van der Waals surface area contributed by atoms with Gasteiger partial charge < -0.3 is 9.84 Å². The van der Waals surface area contributed by atoms with E-state index in [0.29, 0.717) is 27.5 Å². The molecule has 2 heterocycles. The third-order valence-corrected chi connectivity index (χ3v) is 3.77. The van der Waals surface area contributed by atoms with E-state index in [2.05, 4.69) is 34.3 Å². The Balaban J connectivity index is 2.32. The standard InChI is InChI=1S/C13H16Cl2N4O/c1-4-9(7(2)16-3)13-18-12(19-20-13)11-10(15)5-8(14)6-17-11/h5-7,9,16H,4H2,1-3H3. The summed E-state index contributed by atoms with van der Waals surface area (Å²) in [6.45, 7) is 4.15. The highest BCUT2D eigenvalue weighted by Gasteiger charge is 2.23. The number of aromatic nitrogens is 3. The molecule has 0 aliphatic rings. The van der Waals surface area contributed by atoms with E-state index in [1.807, 2.05) is 7.05 Å². The largest absolute Gasteiger partial charge is 0.339 e. The summed E-state index contributed by atoms with van der Waals surface area (Å²) in [5, 5.41) is 8.03. The van der Waals surface area contributed by atoms with Crippen LogP contribution in [0.2, 0.25) is 10.0 Å². The molecule has 1 N–H and O–H groups in total. The average molecular weight is 315 g/mol. The molecule has 0 aromatic carbocycles. The zero-order valence-electron chi connectivity index (χ0n) is 11.5. The minimum Gasteiger partial charge on any atom is -0.339 e. The lowest BCUT2D eigenvalue weighted by Crippen LogP contribution is -2.28. The van der Waals surface area contributed by atoms with Crippen molar-refractivity contribution in [3.63, 3.8) is 0 Å². The Labute approximate surface area is 127 Å². The number of hydrogen-bond acceptors (Lipinski definition) is 5. The Morgan fingerprint density at radius 2 is 2.15 bits per heavy atom. The lowest BCUT2D eigenvalue weighted by molar-refractivity contribution is 0.322. The van der Waals surface area contributed by atoms with Gasteiger partial charge >= 0.3 is 0 Å². The molecule has 0 saturated carbocycles. The number of likely N-dealkylation sites (N-methyl/N-ethyl adjacent to an activating group) is 1. The summed E-state index contributed by atoms with van der Waals surface area (Å²) in [7, 11) is 1.90. The molecule has 108 valence electrons. The molecule has 2 unspecified atom stereocenters. The van der Waals surface area contributed by atoms with Crippen molar-refractivity contribution in [2.75, 3.05) is 7.05 Å². The van der Waals surface area contributed by atoms with Gasteiger partial charge in [-0.05, 0) is 26.5 Å². The van der Waals surface area contributed by atoms with E-state index < -0.39 is 0 Å². The van der Waals surface area contributed by atoms with E-state index in [1.165, 1.54) is 6.20 Å². The summed E-state index contributed by atoms with van der Waals surface area (Å²) < 4.78 is 5.35. The van der Waals surface area contributed by atoms with Crippen LogP contribution >= 0.6 is 23.2 Å². The molecule has 5 nitrogen and oxygen atoms in total. The first kappa shape index (κ1) is 15.2. The Morgan fingerprint density at radius 1 is 1.40 bits per heavy atom. The van der Waals surface area contributed by atoms with Crippen LogP contribution in [0.4, 0.5) is 0 Å². The number of rotatable bonds is 5. The molecule has 0 aliphatic heterocycles. The van der Waals surface area contributed by atoms with Crippen LogP contribution in [-0.2, 0) is 0 Å². The minimum atomic E-state index is 0.146. The van der Waals surface area contributed by atoms with Crippen LogP contribution in [0.5, 0.6) is 0 Å². The van der Waals surface area contributed by atoms with E-state index in [-0.39, 0.29) is 12.0 Å². The molecular formula is C13H16Cl2N4O. The molecule has 20 heavy (non-hydrogen) atoms. The molecular weight excluding hydrogens is 299 g/mol. The number of nitrogens with one attached hydrogen (secondary N) is 1. The maximum atomic E-state index is 6.10. The number of hydrogen-bond donors (Lipinski definition) is 1. The lowest BCUT2D eigenvalue weighted by atomic mass is 9.98. The molecule has 2 aromatic rings. The molecule has 2 aromatic heterocycles. The van der Waals surface area contributed by atoms with Gasteiger partial charge in [-0.1, -0.05) is 35.3 Å². The van der Waals surface area contributed by atoms with Gasteiger partial charge in [-0.15, -0.1) is 0 Å². The van der Waals surface area contributed by atoms with Gasteiger partial charge in [-0.25, -0.2) is 4.98 Å². The molecule has 0 radical (unpaired) electrons. The molecule has 7 heteroatoms. The predicted molar refractivity (Wildman–Crippen MR) is 79.1 cm³/mol. The van der Waals surface area contributed by atoms with Crippen molar-refractivity contribution in [1.29, 1.82) is 0 Å². The summed E-state index contributed by atoms with van der Waals surface area (Å²) in [5.74, 6) is 1.10. The molecule has 0 bridgehead atoms. The van der Waals surface area contributed by atoms with Gasteiger partial charge in [0.2, 0.25) is 11.7 Å². The Bertz CT molecular complexity index is 588. The minimum absolute atomic E-state index is 0.146. The van der Waals surface area contributed by atoms with Crippen LogP contribution in [-0.4, -0.2) is 28.2 Å². The fourth-order valence-corrected chi connectivity index (χ4v) is 2.47. The second-order valence-electron chi connectivity index (χ2n) is 4.53. The molecule has 0 fully saturated rings. The van der Waals surface area contributed by atoms with Crippen molar-refractivity contribution in [1.82, 2.24) is 20.4 Å². The highest BCUT2D eigenvalue weighted by molar-refractivity contribution is 6.35. The number of pyridine rings is 1. The second kappa shape index (κ2) is 6.52. The zero-order valence-corrected chi connectivity index (χ0v) is 13.0. The van der Waals surface area contributed by atoms with E-state index >= 15 is 0 Å². The topological polar surface area (TPSA) is 63.8 Å². The second-order valence-corrected chi connectivity index (χ2v) is 5.38. The highest BCUT2D eigenvalue weighted by Crippen LogP contribution is 2.28. The quantitative estimate of drug-likeness (QED) is 0.914. The summed E-state index contributed by atoms with van der Waals surface area (Å²) in [6, 6.07) is 1.84. The van der Waals surface area contributed by atoms with E-state index in [1.54, 1.807) is 6.07 Å². The van der Waals surface area contributed by atoms with Crippen LogP contribution in [0.25, 0.3) is 11.5 Å². The van der Waals surface area contributed by atoms with Crippen molar-refractivity contribution in [2.45, 2.75) is 32.2 Å². The number of halogens is 2. The fraction of sp³-hybridized carbons (Fsp3) is 0.462. The first-order chi connectivity index (χ1) is 9.56. The molecule has 2 atom stereocenters. The Kier molecular flexibility index (Phi) is 4.96. The molecule has 2 rings (SSSR count). The van der Waals surface area contributed by atoms with Crippen molar-refractivity contribution in [3.8, 4) is 11.5 Å². The highest BCUT2D eigenvalue weighted by atomic mass is 35.5. The maximum absolute atomic E-state index is 6.10. The summed E-state index contributed by atoms with van der Waals surface area (Å²) >= 11 is 11.9. The van der Waals surface area contributed by atoms with Crippen LogP contribution in [0.15, 0.2) is 16.8 Å². The molecule has 0 amide bonds. The van der Waals surface area contributed by atoms with Crippen LogP contribution in [0, 0.1) is 0 Å². The van der Waals surface area contributed by atoms with Gasteiger partial charge in [0, 0.05) is 12.2 Å². The van der Waals surface area contributed by atoms with Crippen molar-refractivity contribution in [2.24, 2.45) is 0 Å². The summed E-state index contributed by atoms with van der Waals surface area (Å²) in [6.07, 6.45) is 2.40. The molecule has 0 saturated heterocycles. The first-order valence-corrected chi connectivity index (χ1v) is 7.14. The van der Waals surface area contributed by atoms with Gasteiger partial charge in [-0.2, -0.15) is 4.98 Å². The van der Waals surface area contributed by atoms with Crippen molar-refractivity contribution >= 4 is 23.2 Å². The van der Waals surface area contributed by atoms with Gasteiger partial charge in [0.15, 0.2) is 0 Å². The van der Waals surface area contributed by atoms with Gasteiger partial charge in [0.25, 0.3) is 0 Å². The monoisotopic (exact) mass is 314 g/mol. The normalized spacial score (nSPS) is 14.2. The van der Waals surface area contributed by atoms with Crippen LogP contribution < -0.4 is 5.32 Å². The summed E-state index contributed by atoms with van der Waals surface area (Å²) in [4.78, 5) is 8.55. The number of nitrogens with zero attached hydrogens (tertiary/aromatic N) is 3. The fourth-order valence-electron chi connectivity index (χ4n) is 2.00. The third kappa shape index (κ3) is 3.11. The SMILES string of the molecule is CCC(c1nc(-c2ncc(Cl)cc2Cl)no1)C(C)NC. The van der Waals surface area contributed by atoms with E-state index in [4.69, 9.17) is 27.7 Å². The smallest absolute Gasteiger partial charge is 0.231 e. The van der Waals surface area contributed by atoms with Gasteiger partial charge in [0.1, 0.15) is 5.69 Å². The third-order valence-electron chi connectivity index (χ3n) is 3.28. The first-order valence-electron chi connectivity index (χ1n) is 6.39. The van der Waals surface area contributed by atoms with E-state index in [9.17, 15) is 0 Å². The van der Waals surface area contributed by atoms with Crippen molar-refractivity contribution < 1.29 is 4.52 Å². The molecule has 0 spiro atoms. The Morgan fingerprint density at radius 3 is 2.75 bits per heavy atom. The van der Waals surface area contributed by atoms with E-state index in [0.717, 1.165) is 6.42 Å². The zero-order chi connectivity index (χ0) is 14.7. The maximum Gasteiger partial charge on any atom is 0.231 e. The predicted octanol–water partition coefficient (Wildman–Crippen LogP) is 3.54.